The van der Waals surface area contributed by atoms with Crippen molar-refractivity contribution in [2.75, 3.05) is 13.1 Å². The molecule has 0 saturated carbocycles. The second-order valence-corrected chi connectivity index (χ2v) is 4.10. The Balaban J connectivity index is 2.26. The van der Waals surface area contributed by atoms with E-state index in [0.717, 1.165) is 4.47 Å². The Morgan fingerprint density at radius 1 is 1.33 bits per heavy atom. The lowest BCUT2D eigenvalue weighted by Crippen LogP contribution is -2.33. The van der Waals surface area contributed by atoms with Crippen molar-refractivity contribution in [1.82, 2.24) is 10.6 Å². The standard InChI is InChI=1S/C11H15BrN2O/c1-2-14-11(15)8-13-7-9-3-5-10(12)6-4-9/h3-6,13H,2,7-8H2,1H3,(H,14,15). The quantitative estimate of drug-likeness (QED) is 0.855. The van der Waals surface area contributed by atoms with E-state index in [0.29, 0.717) is 19.6 Å². The number of hydrogen-bond acceptors (Lipinski definition) is 2. The second kappa shape index (κ2) is 6.58. The van der Waals surface area contributed by atoms with E-state index < -0.39 is 0 Å². The van der Waals surface area contributed by atoms with Crippen LogP contribution in [0.15, 0.2) is 28.7 Å². The van der Waals surface area contributed by atoms with E-state index in [4.69, 9.17) is 0 Å². The van der Waals surface area contributed by atoms with Gasteiger partial charge in [0.05, 0.1) is 6.54 Å². The average Bonchev–Trinajstić information content (AvgIpc) is 2.21. The third-order valence-electron chi connectivity index (χ3n) is 1.90. The van der Waals surface area contributed by atoms with Gasteiger partial charge in [0.15, 0.2) is 0 Å². The van der Waals surface area contributed by atoms with Gasteiger partial charge in [-0.15, -0.1) is 0 Å². The minimum absolute atomic E-state index is 0.0367. The van der Waals surface area contributed by atoms with Crippen LogP contribution in [0.2, 0.25) is 0 Å². The fraction of sp³-hybridized carbons (Fsp3) is 0.364. The number of hydrogen-bond donors (Lipinski definition) is 2. The maximum Gasteiger partial charge on any atom is 0.233 e. The normalized spacial score (nSPS) is 10.0. The molecular weight excluding hydrogens is 256 g/mol. The zero-order valence-electron chi connectivity index (χ0n) is 8.72. The zero-order valence-corrected chi connectivity index (χ0v) is 10.3. The molecule has 1 amide bonds. The average molecular weight is 271 g/mol. The molecule has 2 N–H and O–H groups in total. The van der Waals surface area contributed by atoms with Gasteiger partial charge in [-0.05, 0) is 24.6 Å². The number of likely N-dealkylation sites (N-methyl/N-ethyl adjacent to an activating group) is 1. The van der Waals surface area contributed by atoms with E-state index in [1.54, 1.807) is 0 Å². The Morgan fingerprint density at radius 3 is 2.60 bits per heavy atom. The van der Waals surface area contributed by atoms with Crippen molar-refractivity contribution in [3.63, 3.8) is 0 Å². The minimum atomic E-state index is 0.0367. The molecule has 82 valence electrons. The number of halogens is 1. The van der Waals surface area contributed by atoms with Gasteiger partial charge in [-0.2, -0.15) is 0 Å². The molecule has 0 unspecified atom stereocenters. The van der Waals surface area contributed by atoms with Crippen LogP contribution in [0.25, 0.3) is 0 Å². The summed E-state index contributed by atoms with van der Waals surface area (Å²) in [5.41, 5.74) is 1.17. The lowest BCUT2D eigenvalue weighted by atomic mass is 10.2. The van der Waals surface area contributed by atoms with Gasteiger partial charge >= 0.3 is 0 Å². The first kappa shape index (κ1) is 12.2. The van der Waals surface area contributed by atoms with E-state index in [-0.39, 0.29) is 5.91 Å². The van der Waals surface area contributed by atoms with Gasteiger partial charge in [-0.1, -0.05) is 28.1 Å². The highest BCUT2D eigenvalue weighted by atomic mass is 79.9. The van der Waals surface area contributed by atoms with Crippen LogP contribution in [0, 0.1) is 0 Å². The Morgan fingerprint density at radius 2 is 2.00 bits per heavy atom. The monoisotopic (exact) mass is 270 g/mol. The first-order valence-corrected chi connectivity index (χ1v) is 5.73. The van der Waals surface area contributed by atoms with Crippen LogP contribution in [0.5, 0.6) is 0 Å². The summed E-state index contributed by atoms with van der Waals surface area (Å²) in [4.78, 5) is 11.1. The largest absolute Gasteiger partial charge is 0.355 e. The summed E-state index contributed by atoms with van der Waals surface area (Å²) in [6.07, 6.45) is 0. The van der Waals surface area contributed by atoms with Crippen LogP contribution in [0.4, 0.5) is 0 Å². The van der Waals surface area contributed by atoms with Crippen LogP contribution in [-0.4, -0.2) is 19.0 Å². The molecule has 1 rings (SSSR count). The van der Waals surface area contributed by atoms with Crippen molar-refractivity contribution < 1.29 is 4.79 Å². The Kier molecular flexibility index (Phi) is 5.36. The number of carbonyl (C=O) groups excluding carboxylic acids is 1. The van der Waals surface area contributed by atoms with Gasteiger partial charge in [0.1, 0.15) is 0 Å². The third kappa shape index (κ3) is 4.95. The predicted molar refractivity (Wildman–Crippen MR) is 64.5 cm³/mol. The van der Waals surface area contributed by atoms with Crippen molar-refractivity contribution in [1.29, 1.82) is 0 Å². The lowest BCUT2D eigenvalue weighted by Gasteiger charge is -2.05. The molecule has 0 aliphatic heterocycles. The first-order valence-electron chi connectivity index (χ1n) is 4.94. The van der Waals surface area contributed by atoms with Crippen LogP contribution in [0.3, 0.4) is 0 Å². The third-order valence-corrected chi connectivity index (χ3v) is 2.43. The molecule has 3 nitrogen and oxygen atoms in total. The molecule has 0 aliphatic carbocycles. The van der Waals surface area contributed by atoms with Gasteiger partial charge in [0.25, 0.3) is 0 Å². The molecule has 1 aromatic carbocycles. The Bertz CT molecular complexity index is 311. The van der Waals surface area contributed by atoms with Gasteiger partial charge in [0.2, 0.25) is 5.91 Å². The molecule has 0 aliphatic rings. The van der Waals surface area contributed by atoms with Crippen molar-refractivity contribution >= 4 is 21.8 Å². The van der Waals surface area contributed by atoms with Crippen molar-refractivity contribution in [2.24, 2.45) is 0 Å². The number of nitrogens with one attached hydrogen (secondary N) is 2. The molecule has 15 heavy (non-hydrogen) atoms. The molecule has 0 atom stereocenters. The second-order valence-electron chi connectivity index (χ2n) is 3.18. The van der Waals surface area contributed by atoms with E-state index in [2.05, 4.69) is 26.6 Å². The maximum absolute atomic E-state index is 11.1. The molecule has 0 saturated heterocycles. The summed E-state index contributed by atoms with van der Waals surface area (Å²) in [6.45, 7) is 3.67. The first-order chi connectivity index (χ1) is 7.22. The maximum atomic E-state index is 11.1. The molecule has 0 spiro atoms. The van der Waals surface area contributed by atoms with Gasteiger partial charge in [-0.25, -0.2) is 0 Å². The highest BCUT2D eigenvalue weighted by molar-refractivity contribution is 9.10. The fourth-order valence-corrected chi connectivity index (χ4v) is 1.45. The summed E-state index contributed by atoms with van der Waals surface area (Å²) < 4.78 is 1.06. The van der Waals surface area contributed by atoms with Gasteiger partial charge in [0, 0.05) is 17.6 Å². The van der Waals surface area contributed by atoms with Gasteiger partial charge in [-0.3, -0.25) is 4.79 Å². The van der Waals surface area contributed by atoms with Crippen molar-refractivity contribution in [2.45, 2.75) is 13.5 Å². The molecule has 4 heteroatoms. The number of carbonyl (C=O) groups is 1. The Labute approximate surface area is 98.4 Å². The Hall–Kier alpha value is -0.870. The van der Waals surface area contributed by atoms with Crippen molar-refractivity contribution in [3.8, 4) is 0 Å². The van der Waals surface area contributed by atoms with Gasteiger partial charge < -0.3 is 10.6 Å². The van der Waals surface area contributed by atoms with E-state index in [9.17, 15) is 4.79 Å². The molecule has 0 heterocycles. The van der Waals surface area contributed by atoms with E-state index >= 15 is 0 Å². The zero-order chi connectivity index (χ0) is 11.1. The molecule has 0 bridgehead atoms. The molecule has 0 aromatic heterocycles. The summed E-state index contributed by atoms with van der Waals surface area (Å²) in [5, 5.41) is 5.81. The van der Waals surface area contributed by atoms with E-state index in [1.165, 1.54) is 5.56 Å². The summed E-state index contributed by atoms with van der Waals surface area (Å²) in [5.74, 6) is 0.0367. The van der Waals surface area contributed by atoms with Crippen LogP contribution < -0.4 is 10.6 Å². The molecule has 0 fully saturated rings. The molecular formula is C11H15BrN2O. The highest BCUT2D eigenvalue weighted by Gasteiger charge is 1.98. The molecule has 0 radical (unpaired) electrons. The summed E-state index contributed by atoms with van der Waals surface area (Å²) >= 11 is 3.37. The van der Waals surface area contributed by atoms with E-state index in [1.807, 2.05) is 31.2 Å². The molecule has 1 aromatic rings. The smallest absolute Gasteiger partial charge is 0.233 e. The minimum Gasteiger partial charge on any atom is -0.355 e. The fourth-order valence-electron chi connectivity index (χ4n) is 1.18. The summed E-state index contributed by atoms with van der Waals surface area (Å²) in [7, 11) is 0. The van der Waals surface area contributed by atoms with Crippen LogP contribution >= 0.6 is 15.9 Å². The van der Waals surface area contributed by atoms with Crippen molar-refractivity contribution in [3.05, 3.63) is 34.3 Å². The number of benzene rings is 1. The number of rotatable bonds is 5. The lowest BCUT2D eigenvalue weighted by molar-refractivity contribution is -0.120. The predicted octanol–water partition coefficient (Wildman–Crippen LogP) is 1.67. The highest BCUT2D eigenvalue weighted by Crippen LogP contribution is 2.09. The summed E-state index contributed by atoms with van der Waals surface area (Å²) in [6, 6.07) is 8.02. The topological polar surface area (TPSA) is 41.1 Å². The SMILES string of the molecule is CCNC(=O)CNCc1ccc(Br)cc1. The van der Waals surface area contributed by atoms with Crippen LogP contribution in [-0.2, 0) is 11.3 Å². The van der Waals surface area contributed by atoms with Crippen LogP contribution in [0.1, 0.15) is 12.5 Å². The number of amides is 1.